The van der Waals surface area contributed by atoms with Crippen LogP contribution >= 0.6 is 0 Å². The van der Waals surface area contributed by atoms with Crippen molar-refractivity contribution in [3.05, 3.63) is 36.9 Å². The summed E-state index contributed by atoms with van der Waals surface area (Å²) in [7, 11) is -3.53. The van der Waals surface area contributed by atoms with Crippen molar-refractivity contribution < 1.29 is 13.2 Å². The third-order valence-corrected chi connectivity index (χ3v) is 5.81. The molecular weight excluding hydrogens is 328 g/mol. The molecule has 1 N–H and O–H groups in total. The van der Waals surface area contributed by atoms with Crippen molar-refractivity contribution in [1.82, 2.24) is 19.5 Å². The molecule has 0 bridgehead atoms. The van der Waals surface area contributed by atoms with Crippen molar-refractivity contribution in [2.45, 2.75) is 49.6 Å². The van der Waals surface area contributed by atoms with Gasteiger partial charge in [-0.25, -0.2) is 13.1 Å². The first kappa shape index (κ1) is 16.9. The number of nitrogens with zero attached hydrogens (tertiary/aromatic N) is 3. The zero-order chi connectivity index (χ0) is 17.0. The summed E-state index contributed by atoms with van der Waals surface area (Å²) >= 11 is 0. The average Bonchev–Trinajstić information content (AvgIpc) is 3.10. The molecule has 1 fully saturated rings. The van der Waals surface area contributed by atoms with E-state index in [1.54, 1.807) is 36.9 Å². The van der Waals surface area contributed by atoms with Crippen molar-refractivity contribution in [1.29, 1.82) is 0 Å². The highest BCUT2D eigenvalue weighted by Crippen LogP contribution is 2.29. The molecular formula is C16H22N4O3S. The highest BCUT2D eigenvalue weighted by molar-refractivity contribution is 7.89. The van der Waals surface area contributed by atoms with Crippen LogP contribution in [0, 0.1) is 0 Å². The second-order valence-corrected chi connectivity index (χ2v) is 7.67. The van der Waals surface area contributed by atoms with Crippen LogP contribution in [0.1, 0.15) is 38.6 Å². The molecule has 0 spiro atoms. The van der Waals surface area contributed by atoms with Gasteiger partial charge in [0.25, 0.3) is 0 Å². The Kier molecular flexibility index (Phi) is 5.15. The van der Waals surface area contributed by atoms with Crippen LogP contribution in [0.5, 0.6) is 5.75 Å². The minimum Gasteiger partial charge on any atom is -0.494 e. The Hall–Kier alpha value is -1.93. The van der Waals surface area contributed by atoms with Gasteiger partial charge in [0, 0.05) is 12.1 Å². The summed E-state index contributed by atoms with van der Waals surface area (Å²) in [6.45, 7) is 2.44. The predicted octanol–water partition coefficient (Wildman–Crippen LogP) is 2.14. The van der Waals surface area contributed by atoms with Gasteiger partial charge < -0.3 is 9.30 Å². The van der Waals surface area contributed by atoms with Gasteiger partial charge in [-0.2, -0.15) is 0 Å². The van der Waals surface area contributed by atoms with Crippen molar-refractivity contribution in [3.8, 4) is 5.75 Å². The number of ether oxygens (including phenoxy) is 1. The van der Waals surface area contributed by atoms with Crippen LogP contribution in [0.15, 0.2) is 41.8 Å². The number of benzene rings is 1. The van der Waals surface area contributed by atoms with Gasteiger partial charge in [0.05, 0.1) is 11.5 Å². The van der Waals surface area contributed by atoms with Crippen molar-refractivity contribution in [3.63, 3.8) is 0 Å². The standard InChI is InChI=1S/C16H22N4O3S/c1-2-23-15-6-8-16(9-7-15)24(21,22)19-13-4-3-5-14(10-13)20-11-17-18-12-20/h6-9,11-14,19H,2-5,10H2,1H3/t13-,14?/m1/s1. The lowest BCUT2D eigenvalue weighted by Crippen LogP contribution is -2.38. The smallest absolute Gasteiger partial charge is 0.240 e. The third-order valence-electron chi connectivity index (χ3n) is 4.27. The summed E-state index contributed by atoms with van der Waals surface area (Å²) in [6.07, 6.45) is 6.95. The van der Waals surface area contributed by atoms with E-state index < -0.39 is 10.0 Å². The fourth-order valence-corrected chi connectivity index (χ4v) is 4.39. The molecule has 7 nitrogen and oxygen atoms in total. The van der Waals surface area contributed by atoms with E-state index in [1.807, 2.05) is 11.5 Å². The Morgan fingerprint density at radius 2 is 1.92 bits per heavy atom. The highest BCUT2D eigenvalue weighted by Gasteiger charge is 2.27. The molecule has 1 aliphatic rings. The highest BCUT2D eigenvalue weighted by atomic mass is 32.2. The van der Waals surface area contributed by atoms with Gasteiger partial charge in [0.1, 0.15) is 18.4 Å². The molecule has 1 heterocycles. The molecule has 8 heteroatoms. The van der Waals surface area contributed by atoms with Gasteiger partial charge in [-0.3, -0.25) is 0 Å². The fraction of sp³-hybridized carbons (Fsp3) is 0.500. The number of nitrogens with one attached hydrogen (secondary N) is 1. The maximum Gasteiger partial charge on any atom is 0.240 e. The molecule has 1 aromatic carbocycles. The SMILES string of the molecule is CCOc1ccc(S(=O)(=O)N[C@@H]2CCCC(n3cnnc3)C2)cc1. The maximum absolute atomic E-state index is 12.6. The summed E-state index contributed by atoms with van der Waals surface area (Å²) < 4.78 is 35.3. The normalized spacial score (nSPS) is 21.5. The fourth-order valence-electron chi connectivity index (χ4n) is 3.11. The number of sulfonamides is 1. The van der Waals surface area contributed by atoms with Crippen LogP contribution in [-0.4, -0.2) is 35.8 Å². The first-order chi connectivity index (χ1) is 11.6. The van der Waals surface area contributed by atoms with Gasteiger partial charge in [-0.1, -0.05) is 0 Å². The van der Waals surface area contributed by atoms with Crippen molar-refractivity contribution in [2.75, 3.05) is 6.61 Å². The lowest BCUT2D eigenvalue weighted by atomic mass is 9.91. The monoisotopic (exact) mass is 350 g/mol. The van der Waals surface area contributed by atoms with Crippen LogP contribution in [0.4, 0.5) is 0 Å². The quantitative estimate of drug-likeness (QED) is 0.862. The maximum atomic E-state index is 12.6. The van der Waals surface area contributed by atoms with Crippen LogP contribution in [0.2, 0.25) is 0 Å². The zero-order valence-corrected chi connectivity index (χ0v) is 14.4. The Bertz CT molecular complexity index is 744. The molecule has 3 rings (SSSR count). The van der Waals surface area contributed by atoms with Crippen LogP contribution < -0.4 is 9.46 Å². The number of aromatic nitrogens is 3. The molecule has 0 radical (unpaired) electrons. The Balaban J connectivity index is 1.67. The molecule has 2 aromatic rings. The number of hydrogen-bond donors (Lipinski definition) is 1. The van der Waals surface area contributed by atoms with E-state index in [1.165, 1.54) is 0 Å². The van der Waals surface area contributed by atoms with E-state index >= 15 is 0 Å². The lowest BCUT2D eigenvalue weighted by molar-refractivity contribution is 0.305. The van der Waals surface area contributed by atoms with Crippen molar-refractivity contribution in [2.24, 2.45) is 0 Å². The molecule has 0 aliphatic heterocycles. The zero-order valence-electron chi connectivity index (χ0n) is 13.6. The first-order valence-electron chi connectivity index (χ1n) is 8.18. The molecule has 1 aliphatic carbocycles. The molecule has 24 heavy (non-hydrogen) atoms. The largest absolute Gasteiger partial charge is 0.494 e. The van der Waals surface area contributed by atoms with E-state index in [0.717, 1.165) is 25.7 Å². The molecule has 1 saturated carbocycles. The summed E-state index contributed by atoms with van der Waals surface area (Å²) in [5.74, 6) is 0.668. The molecule has 130 valence electrons. The molecule has 2 atom stereocenters. The predicted molar refractivity (Wildman–Crippen MR) is 89.2 cm³/mol. The van der Waals surface area contributed by atoms with E-state index in [0.29, 0.717) is 12.4 Å². The molecule has 0 saturated heterocycles. The molecule has 1 aromatic heterocycles. The summed E-state index contributed by atoms with van der Waals surface area (Å²) in [4.78, 5) is 0.261. The van der Waals surface area contributed by atoms with E-state index in [-0.39, 0.29) is 17.0 Å². The minimum absolute atomic E-state index is 0.0808. The topological polar surface area (TPSA) is 86.1 Å². The Morgan fingerprint density at radius 3 is 2.58 bits per heavy atom. The second kappa shape index (κ2) is 7.31. The van der Waals surface area contributed by atoms with Gasteiger partial charge in [-0.15, -0.1) is 10.2 Å². The minimum atomic E-state index is -3.53. The van der Waals surface area contributed by atoms with E-state index in [2.05, 4.69) is 14.9 Å². The Morgan fingerprint density at radius 1 is 1.21 bits per heavy atom. The van der Waals surface area contributed by atoms with Gasteiger partial charge >= 0.3 is 0 Å². The van der Waals surface area contributed by atoms with E-state index in [4.69, 9.17) is 4.74 Å². The van der Waals surface area contributed by atoms with Crippen LogP contribution in [0.3, 0.4) is 0 Å². The average molecular weight is 350 g/mol. The lowest BCUT2D eigenvalue weighted by Gasteiger charge is -2.30. The van der Waals surface area contributed by atoms with E-state index in [9.17, 15) is 8.42 Å². The van der Waals surface area contributed by atoms with Gasteiger partial charge in [-0.05, 0) is 56.9 Å². The Labute approximate surface area is 142 Å². The van der Waals surface area contributed by atoms with Gasteiger partial charge in [0.2, 0.25) is 10.0 Å². The molecule has 0 amide bonds. The first-order valence-corrected chi connectivity index (χ1v) is 9.66. The number of rotatable bonds is 6. The second-order valence-electron chi connectivity index (χ2n) is 5.95. The van der Waals surface area contributed by atoms with Gasteiger partial charge in [0.15, 0.2) is 0 Å². The third kappa shape index (κ3) is 3.93. The number of hydrogen-bond acceptors (Lipinski definition) is 5. The van der Waals surface area contributed by atoms with Crippen LogP contribution in [-0.2, 0) is 10.0 Å². The molecule has 1 unspecified atom stereocenters. The summed E-state index contributed by atoms with van der Waals surface area (Å²) in [6, 6.07) is 6.67. The summed E-state index contributed by atoms with van der Waals surface area (Å²) in [5, 5.41) is 7.66. The van der Waals surface area contributed by atoms with Crippen molar-refractivity contribution >= 4 is 10.0 Å². The summed E-state index contributed by atoms with van der Waals surface area (Å²) in [5.41, 5.74) is 0. The van der Waals surface area contributed by atoms with Crippen LogP contribution in [0.25, 0.3) is 0 Å².